The van der Waals surface area contributed by atoms with E-state index in [0.29, 0.717) is 12.2 Å². The smallest absolute Gasteiger partial charge is 0.306 e. The molecular weight excluding hydrogens is 250 g/mol. The van der Waals surface area contributed by atoms with E-state index in [-0.39, 0.29) is 12.0 Å². The molecule has 0 heterocycles. The van der Waals surface area contributed by atoms with E-state index in [2.05, 4.69) is 4.74 Å². The zero-order valence-electron chi connectivity index (χ0n) is 10.9. The fraction of sp³-hybridized carbons (Fsp3) is 0.462. The van der Waals surface area contributed by atoms with Crippen LogP contribution in [0, 0.1) is 0 Å². The van der Waals surface area contributed by atoms with E-state index in [9.17, 15) is 4.79 Å². The predicted molar refractivity (Wildman–Crippen MR) is 73.0 cm³/mol. The third kappa shape index (κ3) is 3.92. The molecule has 0 unspecified atom stereocenters. The molecule has 1 atom stereocenters. The molecule has 1 aromatic rings. The molecule has 1 rings (SSSR count). The molecule has 4 nitrogen and oxygen atoms in total. The van der Waals surface area contributed by atoms with Crippen molar-refractivity contribution in [1.29, 1.82) is 0 Å². The van der Waals surface area contributed by atoms with Crippen LogP contribution in [0.2, 0.25) is 0 Å². The zero-order chi connectivity index (χ0) is 13.5. The second-order valence-corrected chi connectivity index (χ2v) is 4.97. The van der Waals surface area contributed by atoms with Crippen molar-refractivity contribution in [2.24, 2.45) is 5.73 Å². The van der Waals surface area contributed by atoms with Gasteiger partial charge in [0.1, 0.15) is 5.75 Å². The Labute approximate surface area is 112 Å². The lowest BCUT2D eigenvalue weighted by Crippen LogP contribution is -2.09. The van der Waals surface area contributed by atoms with Gasteiger partial charge in [-0.05, 0) is 19.1 Å². The van der Waals surface area contributed by atoms with Gasteiger partial charge in [-0.1, -0.05) is 6.07 Å². The van der Waals surface area contributed by atoms with Gasteiger partial charge in [0.15, 0.2) is 0 Å². The number of hydrogen-bond donors (Lipinski definition) is 1. The van der Waals surface area contributed by atoms with E-state index in [1.165, 1.54) is 7.11 Å². The molecule has 0 saturated heterocycles. The molecule has 5 heteroatoms. The van der Waals surface area contributed by atoms with Gasteiger partial charge in [-0.25, -0.2) is 0 Å². The van der Waals surface area contributed by atoms with Crippen molar-refractivity contribution in [3.63, 3.8) is 0 Å². The Bertz CT molecular complexity index is 407. The molecule has 0 fully saturated rings. The number of carbonyl (C=O) groups excluding carboxylic acids is 1. The number of methoxy groups -OCH3 is 2. The van der Waals surface area contributed by atoms with Gasteiger partial charge >= 0.3 is 5.97 Å². The van der Waals surface area contributed by atoms with E-state index in [1.54, 1.807) is 18.9 Å². The number of esters is 1. The third-order valence-corrected chi connectivity index (χ3v) is 3.57. The van der Waals surface area contributed by atoms with Crippen LogP contribution in [0.1, 0.15) is 24.9 Å². The highest BCUT2D eigenvalue weighted by atomic mass is 32.2. The van der Waals surface area contributed by atoms with Gasteiger partial charge in [0, 0.05) is 22.3 Å². The summed E-state index contributed by atoms with van der Waals surface area (Å²) in [7, 11) is 3.02. The fourth-order valence-corrected chi connectivity index (χ4v) is 2.73. The minimum atomic E-state index is -0.201. The molecule has 0 saturated carbocycles. The first-order chi connectivity index (χ1) is 8.60. The van der Waals surface area contributed by atoms with Crippen LogP contribution < -0.4 is 10.5 Å². The summed E-state index contributed by atoms with van der Waals surface area (Å²) >= 11 is 1.59. The number of nitrogens with two attached hydrogens (primary N) is 1. The molecule has 0 bridgehead atoms. The molecule has 18 heavy (non-hydrogen) atoms. The Morgan fingerprint density at radius 1 is 1.44 bits per heavy atom. The predicted octanol–water partition coefficient (Wildman–Crippen LogP) is 2.37. The minimum Gasteiger partial charge on any atom is -0.496 e. The number of thioether (sulfide) groups is 1. The Morgan fingerprint density at radius 3 is 2.72 bits per heavy atom. The average molecular weight is 269 g/mol. The second-order valence-electron chi connectivity index (χ2n) is 3.84. The molecule has 2 N–H and O–H groups in total. The highest BCUT2D eigenvalue weighted by Crippen LogP contribution is 2.34. The van der Waals surface area contributed by atoms with Crippen LogP contribution in [-0.2, 0) is 9.53 Å². The summed E-state index contributed by atoms with van der Waals surface area (Å²) in [5.74, 6) is 1.25. The van der Waals surface area contributed by atoms with Crippen LogP contribution in [0.5, 0.6) is 5.75 Å². The highest BCUT2D eigenvalue weighted by Gasteiger charge is 2.13. The monoisotopic (exact) mass is 269 g/mol. The van der Waals surface area contributed by atoms with Crippen LogP contribution in [0.15, 0.2) is 23.1 Å². The molecular formula is C13H19NO3S. The topological polar surface area (TPSA) is 61.5 Å². The molecule has 0 spiro atoms. The highest BCUT2D eigenvalue weighted by molar-refractivity contribution is 7.99. The van der Waals surface area contributed by atoms with E-state index in [0.717, 1.165) is 16.2 Å². The maximum absolute atomic E-state index is 11.1. The number of ether oxygens (including phenoxy) is 2. The summed E-state index contributed by atoms with van der Waals surface area (Å²) in [6.07, 6.45) is 0.386. The van der Waals surface area contributed by atoms with Gasteiger partial charge in [-0.2, -0.15) is 0 Å². The average Bonchev–Trinajstić information content (AvgIpc) is 2.37. The largest absolute Gasteiger partial charge is 0.496 e. The Kier molecular flexibility index (Phi) is 6.01. The normalized spacial score (nSPS) is 12.0. The molecule has 0 aliphatic carbocycles. The van der Waals surface area contributed by atoms with Gasteiger partial charge in [-0.3, -0.25) is 4.79 Å². The van der Waals surface area contributed by atoms with Gasteiger partial charge in [-0.15, -0.1) is 11.8 Å². The molecule has 100 valence electrons. The van der Waals surface area contributed by atoms with Gasteiger partial charge < -0.3 is 15.2 Å². The van der Waals surface area contributed by atoms with Crippen LogP contribution in [-0.4, -0.2) is 25.9 Å². The van der Waals surface area contributed by atoms with E-state index in [4.69, 9.17) is 10.5 Å². The van der Waals surface area contributed by atoms with E-state index >= 15 is 0 Å². The zero-order valence-corrected chi connectivity index (χ0v) is 11.8. The maximum Gasteiger partial charge on any atom is 0.306 e. The van der Waals surface area contributed by atoms with Gasteiger partial charge in [0.2, 0.25) is 0 Å². The van der Waals surface area contributed by atoms with Crippen LogP contribution in [0.25, 0.3) is 0 Å². The lowest BCUT2D eigenvalue weighted by Gasteiger charge is -2.16. The summed E-state index contributed by atoms with van der Waals surface area (Å²) in [5.41, 5.74) is 6.95. The van der Waals surface area contributed by atoms with E-state index < -0.39 is 0 Å². The van der Waals surface area contributed by atoms with Crippen molar-refractivity contribution in [3.8, 4) is 5.75 Å². The first-order valence-electron chi connectivity index (χ1n) is 5.72. The van der Waals surface area contributed by atoms with Crippen LogP contribution in [0.4, 0.5) is 0 Å². The van der Waals surface area contributed by atoms with E-state index in [1.807, 2.05) is 25.1 Å². The SMILES string of the molecule is COC(=O)CCSc1cccc(OC)c1[C@H](C)N. The Balaban J connectivity index is 2.78. The lowest BCUT2D eigenvalue weighted by molar-refractivity contribution is -0.140. The van der Waals surface area contributed by atoms with Gasteiger partial charge in [0.25, 0.3) is 0 Å². The molecule has 1 aromatic carbocycles. The number of carbonyl (C=O) groups is 1. The Hall–Kier alpha value is -1.20. The Morgan fingerprint density at radius 2 is 2.17 bits per heavy atom. The minimum absolute atomic E-state index is 0.109. The van der Waals surface area contributed by atoms with Crippen molar-refractivity contribution < 1.29 is 14.3 Å². The first kappa shape index (κ1) is 14.9. The van der Waals surface area contributed by atoms with Crippen molar-refractivity contribution in [1.82, 2.24) is 0 Å². The summed E-state index contributed by atoms with van der Waals surface area (Å²) in [6, 6.07) is 5.69. The maximum atomic E-state index is 11.1. The van der Waals surface area contributed by atoms with Crippen molar-refractivity contribution in [2.45, 2.75) is 24.3 Å². The standard InChI is InChI=1S/C13H19NO3S/c1-9(14)13-10(16-2)5-4-6-11(13)18-8-7-12(15)17-3/h4-6,9H,7-8,14H2,1-3H3/t9-/m0/s1. The van der Waals surface area contributed by atoms with Crippen LogP contribution >= 0.6 is 11.8 Å². The third-order valence-electron chi connectivity index (χ3n) is 2.49. The molecule has 0 aromatic heterocycles. The summed E-state index contributed by atoms with van der Waals surface area (Å²) in [6.45, 7) is 1.92. The second kappa shape index (κ2) is 7.28. The molecule has 0 radical (unpaired) electrons. The number of hydrogen-bond acceptors (Lipinski definition) is 5. The quantitative estimate of drug-likeness (QED) is 0.634. The molecule has 0 aliphatic rings. The first-order valence-corrected chi connectivity index (χ1v) is 6.70. The molecule has 0 amide bonds. The summed E-state index contributed by atoms with van der Waals surface area (Å²) in [4.78, 5) is 12.1. The van der Waals surface area contributed by atoms with Crippen molar-refractivity contribution in [3.05, 3.63) is 23.8 Å². The number of rotatable bonds is 6. The molecule has 0 aliphatic heterocycles. The summed E-state index contributed by atoms with van der Waals surface area (Å²) < 4.78 is 9.92. The van der Waals surface area contributed by atoms with Crippen LogP contribution in [0.3, 0.4) is 0 Å². The van der Waals surface area contributed by atoms with Gasteiger partial charge in [0.05, 0.1) is 20.6 Å². The summed E-state index contributed by atoms with van der Waals surface area (Å²) in [5, 5.41) is 0. The fourth-order valence-electron chi connectivity index (χ4n) is 1.62. The van der Waals surface area contributed by atoms with Crippen molar-refractivity contribution in [2.75, 3.05) is 20.0 Å². The lowest BCUT2D eigenvalue weighted by atomic mass is 10.1. The number of benzene rings is 1. The van der Waals surface area contributed by atoms with Crippen molar-refractivity contribution >= 4 is 17.7 Å².